The molecule has 0 atom stereocenters. The zero-order valence-electron chi connectivity index (χ0n) is 12.6. The molecule has 1 aromatic heterocycles. The van der Waals surface area contributed by atoms with Gasteiger partial charge in [0, 0.05) is 31.7 Å². The average molecular weight is 274 g/mol. The van der Waals surface area contributed by atoms with Crippen molar-refractivity contribution in [2.75, 3.05) is 29.4 Å². The molecular formula is C16H26N4. The van der Waals surface area contributed by atoms with Crippen molar-refractivity contribution in [3.05, 3.63) is 12.4 Å². The molecule has 0 bridgehead atoms. The summed E-state index contributed by atoms with van der Waals surface area (Å²) in [5, 5.41) is 0. The maximum Gasteiger partial charge on any atom is 0.134 e. The van der Waals surface area contributed by atoms with Crippen LogP contribution in [0.1, 0.15) is 51.9 Å². The van der Waals surface area contributed by atoms with Crippen LogP contribution in [0, 0.1) is 0 Å². The van der Waals surface area contributed by atoms with E-state index in [2.05, 4.69) is 32.8 Å². The third-order valence-electron chi connectivity index (χ3n) is 4.72. The van der Waals surface area contributed by atoms with Crippen molar-refractivity contribution in [1.29, 1.82) is 0 Å². The zero-order valence-corrected chi connectivity index (χ0v) is 12.6. The van der Waals surface area contributed by atoms with Crippen molar-refractivity contribution in [2.24, 2.45) is 0 Å². The Bertz CT molecular complexity index is 422. The summed E-state index contributed by atoms with van der Waals surface area (Å²) in [6.07, 6.45) is 11.1. The van der Waals surface area contributed by atoms with Crippen LogP contribution in [0.3, 0.4) is 0 Å². The summed E-state index contributed by atoms with van der Waals surface area (Å²) in [6.45, 7) is 5.57. The van der Waals surface area contributed by atoms with Crippen molar-refractivity contribution in [3.63, 3.8) is 0 Å². The molecule has 2 heterocycles. The van der Waals surface area contributed by atoms with Crippen LogP contribution in [0.4, 0.5) is 11.6 Å². The lowest BCUT2D eigenvalue weighted by molar-refractivity contribution is 0.416. The Kier molecular flexibility index (Phi) is 4.38. The molecule has 1 aliphatic carbocycles. The lowest BCUT2D eigenvalue weighted by atomic mass is 9.94. The maximum atomic E-state index is 4.55. The standard InChI is InChI=1S/C16H26N4/c1-2-20(14-8-4-3-5-9-14)16-12-15(17-13-18-16)19-10-6-7-11-19/h12-14H,2-11H2,1H3. The van der Waals surface area contributed by atoms with E-state index in [1.54, 1.807) is 6.33 Å². The van der Waals surface area contributed by atoms with E-state index in [1.807, 2.05) is 0 Å². The summed E-state index contributed by atoms with van der Waals surface area (Å²) in [4.78, 5) is 13.9. The molecule has 1 aliphatic heterocycles. The van der Waals surface area contributed by atoms with Crippen LogP contribution in [0.2, 0.25) is 0 Å². The van der Waals surface area contributed by atoms with E-state index < -0.39 is 0 Å². The van der Waals surface area contributed by atoms with Gasteiger partial charge in [0.15, 0.2) is 0 Å². The minimum absolute atomic E-state index is 0.676. The van der Waals surface area contributed by atoms with E-state index in [1.165, 1.54) is 44.9 Å². The lowest BCUT2D eigenvalue weighted by Gasteiger charge is -2.34. The average Bonchev–Trinajstić information content (AvgIpc) is 3.04. The Morgan fingerprint density at radius 3 is 2.55 bits per heavy atom. The molecule has 4 nitrogen and oxygen atoms in total. The third-order valence-corrected chi connectivity index (χ3v) is 4.72. The van der Waals surface area contributed by atoms with Crippen LogP contribution in [-0.2, 0) is 0 Å². The van der Waals surface area contributed by atoms with Crippen LogP contribution in [0.25, 0.3) is 0 Å². The van der Waals surface area contributed by atoms with Crippen molar-refractivity contribution in [3.8, 4) is 0 Å². The zero-order chi connectivity index (χ0) is 13.8. The van der Waals surface area contributed by atoms with Gasteiger partial charge in [0.05, 0.1) is 0 Å². The summed E-state index contributed by atoms with van der Waals surface area (Å²) >= 11 is 0. The van der Waals surface area contributed by atoms with E-state index in [4.69, 9.17) is 0 Å². The first-order valence-corrected chi connectivity index (χ1v) is 8.22. The van der Waals surface area contributed by atoms with Gasteiger partial charge in [-0.15, -0.1) is 0 Å². The van der Waals surface area contributed by atoms with Crippen LogP contribution in [0.5, 0.6) is 0 Å². The van der Waals surface area contributed by atoms with Crippen LogP contribution in [-0.4, -0.2) is 35.6 Å². The van der Waals surface area contributed by atoms with E-state index in [0.717, 1.165) is 31.3 Å². The highest BCUT2D eigenvalue weighted by Crippen LogP contribution is 2.28. The molecule has 1 saturated heterocycles. The first kappa shape index (κ1) is 13.7. The van der Waals surface area contributed by atoms with Gasteiger partial charge in [0.25, 0.3) is 0 Å². The number of hydrogen-bond acceptors (Lipinski definition) is 4. The number of nitrogens with zero attached hydrogens (tertiary/aromatic N) is 4. The van der Waals surface area contributed by atoms with E-state index in [9.17, 15) is 0 Å². The predicted molar refractivity (Wildman–Crippen MR) is 83.4 cm³/mol. The molecular weight excluding hydrogens is 248 g/mol. The monoisotopic (exact) mass is 274 g/mol. The molecule has 0 aromatic carbocycles. The highest BCUT2D eigenvalue weighted by Gasteiger charge is 2.22. The Morgan fingerprint density at radius 2 is 1.85 bits per heavy atom. The van der Waals surface area contributed by atoms with Crippen molar-refractivity contribution in [1.82, 2.24) is 9.97 Å². The van der Waals surface area contributed by atoms with Crippen LogP contribution < -0.4 is 9.80 Å². The summed E-state index contributed by atoms with van der Waals surface area (Å²) in [5.41, 5.74) is 0. The molecule has 0 N–H and O–H groups in total. The first-order chi connectivity index (χ1) is 9.88. The quantitative estimate of drug-likeness (QED) is 0.843. The van der Waals surface area contributed by atoms with Gasteiger partial charge in [0.2, 0.25) is 0 Å². The third kappa shape index (κ3) is 2.89. The fourth-order valence-electron chi connectivity index (χ4n) is 3.61. The molecule has 1 saturated carbocycles. The van der Waals surface area contributed by atoms with Gasteiger partial charge in [-0.25, -0.2) is 9.97 Å². The smallest absolute Gasteiger partial charge is 0.134 e. The number of rotatable bonds is 4. The Morgan fingerprint density at radius 1 is 1.10 bits per heavy atom. The van der Waals surface area contributed by atoms with Gasteiger partial charge >= 0.3 is 0 Å². The van der Waals surface area contributed by atoms with E-state index >= 15 is 0 Å². The second-order valence-electron chi connectivity index (χ2n) is 6.01. The van der Waals surface area contributed by atoms with Gasteiger partial charge in [-0.2, -0.15) is 0 Å². The minimum atomic E-state index is 0.676. The fraction of sp³-hybridized carbons (Fsp3) is 0.750. The van der Waals surface area contributed by atoms with E-state index in [-0.39, 0.29) is 0 Å². The van der Waals surface area contributed by atoms with Crippen molar-refractivity contribution in [2.45, 2.75) is 57.9 Å². The van der Waals surface area contributed by atoms with Gasteiger partial charge < -0.3 is 9.80 Å². The van der Waals surface area contributed by atoms with Crippen LogP contribution >= 0.6 is 0 Å². The van der Waals surface area contributed by atoms with Crippen molar-refractivity contribution < 1.29 is 0 Å². The topological polar surface area (TPSA) is 32.3 Å². The van der Waals surface area contributed by atoms with Gasteiger partial charge in [-0.1, -0.05) is 19.3 Å². The maximum absolute atomic E-state index is 4.55. The highest BCUT2D eigenvalue weighted by atomic mass is 15.2. The molecule has 0 radical (unpaired) electrons. The normalized spacial score (nSPS) is 20.4. The van der Waals surface area contributed by atoms with Gasteiger partial charge in [-0.05, 0) is 32.6 Å². The lowest BCUT2D eigenvalue weighted by Crippen LogP contribution is -2.37. The molecule has 0 unspecified atom stereocenters. The van der Waals surface area contributed by atoms with Crippen molar-refractivity contribution >= 4 is 11.6 Å². The minimum Gasteiger partial charge on any atom is -0.356 e. The summed E-state index contributed by atoms with van der Waals surface area (Å²) in [6, 6.07) is 2.87. The molecule has 20 heavy (non-hydrogen) atoms. The number of hydrogen-bond donors (Lipinski definition) is 0. The second-order valence-corrected chi connectivity index (χ2v) is 6.01. The molecule has 0 spiro atoms. The molecule has 3 rings (SSSR count). The highest BCUT2D eigenvalue weighted by molar-refractivity contribution is 5.51. The molecule has 2 aliphatic rings. The predicted octanol–water partition coefficient (Wildman–Crippen LogP) is 3.24. The van der Waals surface area contributed by atoms with Crippen LogP contribution in [0.15, 0.2) is 12.4 Å². The fourth-order valence-corrected chi connectivity index (χ4v) is 3.61. The Hall–Kier alpha value is -1.32. The molecule has 4 heteroatoms. The number of anilines is 2. The largest absolute Gasteiger partial charge is 0.356 e. The number of aromatic nitrogens is 2. The summed E-state index contributed by atoms with van der Waals surface area (Å²) in [5.74, 6) is 2.23. The van der Waals surface area contributed by atoms with E-state index in [0.29, 0.717) is 6.04 Å². The molecule has 0 amide bonds. The molecule has 2 fully saturated rings. The summed E-state index contributed by atoms with van der Waals surface area (Å²) < 4.78 is 0. The SMILES string of the molecule is CCN(c1cc(N2CCCC2)ncn1)C1CCCCC1. The van der Waals surface area contributed by atoms with Gasteiger partial charge in [-0.3, -0.25) is 0 Å². The molecule has 110 valence electrons. The second kappa shape index (κ2) is 6.42. The van der Waals surface area contributed by atoms with Gasteiger partial charge in [0.1, 0.15) is 18.0 Å². The first-order valence-electron chi connectivity index (χ1n) is 8.22. The Balaban J connectivity index is 1.78. The summed E-state index contributed by atoms with van der Waals surface area (Å²) in [7, 11) is 0. The Labute approximate surface area is 122 Å². The molecule has 1 aromatic rings.